The van der Waals surface area contributed by atoms with Crippen molar-refractivity contribution in [2.75, 3.05) is 13.2 Å². The van der Waals surface area contributed by atoms with Crippen molar-refractivity contribution in [3.05, 3.63) is 59.7 Å². The van der Waals surface area contributed by atoms with Crippen molar-refractivity contribution in [1.29, 1.82) is 0 Å². The summed E-state index contributed by atoms with van der Waals surface area (Å²) in [5.74, 6) is -0.650. The van der Waals surface area contributed by atoms with E-state index in [1.807, 2.05) is 24.3 Å². The minimum absolute atomic E-state index is 0.325. The van der Waals surface area contributed by atoms with Gasteiger partial charge in [-0.3, -0.25) is 0 Å². The number of rotatable bonds is 7. The van der Waals surface area contributed by atoms with E-state index >= 15 is 0 Å². The van der Waals surface area contributed by atoms with E-state index in [2.05, 4.69) is 0 Å². The molecule has 2 rings (SSSR count). The molecule has 0 fully saturated rings. The first-order chi connectivity index (χ1) is 11.6. The monoisotopic (exact) mass is 362 g/mol. The zero-order chi connectivity index (χ0) is 17.4. The number of hydrogen-bond donors (Lipinski definition) is 0. The Morgan fingerprint density at radius 1 is 0.792 bits per heavy atom. The second-order valence-electron chi connectivity index (χ2n) is 4.66. The summed E-state index contributed by atoms with van der Waals surface area (Å²) in [7, 11) is 3.03. The summed E-state index contributed by atoms with van der Waals surface area (Å²) in [4.78, 5) is 25.4. The fourth-order valence-electron chi connectivity index (χ4n) is 1.87. The van der Waals surface area contributed by atoms with Crippen LogP contribution < -0.4 is 0 Å². The smallest absolute Gasteiger partial charge is 0.338 e. The van der Waals surface area contributed by atoms with Crippen molar-refractivity contribution in [3.8, 4) is 0 Å². The topological polar surface area (TPSA) is 52.6 Å². The molecule has 0 unspecified atom stereocenters. The highest BCUT2D eigenvalue weighted by Gasteiger charge is 2.09. The highest BCUT2D eigenvalue weighted by atomic mass is 33.1. The van der Waals surface area contributed by atoms with E-state index in [1.54, 1.807) is 38.1 Å². The van der Waals surface area contributed by atoms with Crippen LogP contribution in [0.15, 0.2) is 58.3 Å². The molecule has 0 aliphatic heterocycles. The van der Waals surface area contributed by atoms with E-state index in [4.69, 9.17) is 9.47 Å². The quantitative estimate of drug-likeness (QED) is 0.519. The molecule has 0 saturated carbocycles. The summed E-state index contributed by atoms with van der Waals surface area (Å²) >= 11 is 0. The molecule has 2 aromatic rings. The largest absolute Gasteiger partial charge is 0.462 e. The van der Waals surface area contributed by atoms with E-state index in [-0.39, 0.29) is 11.9 Å². The van der Waals surface area contributed by atoms with Crippen molar-refractivity contribution in [1.82, 2.24) is 0 Å². The Bertz CT molecular complexity index is 654. The molecule has 0 bridgehead atoms. The molecule has 0 aromatic heterocycles. The van der Waals surface area contributed by atoms with Gasteiger partial charge in [0.15, 0.2) is 0 Å². The number of ether oxygens (including phenoxy) is 2. The maximum atomic E-state index is 11.8. The Kier molecular flexibility index (Phi) is 7.21. The van der Waals surface area contributed by atoms with Crippen LogP contribution in [0.4, 0.5) is 0 Å². The van der Waals surface area contributed by atoms with Gasteiger partial charge < -0.3 is 9.47 Å². The summed E-state index contributed by atoms with van der Waals surface area (Å²) in [5.41, 5.74) is 1.06. The van der Waals surface area contributed by atoms with Crippen molar-refractivity contribution in [3.63, 3.8) is 0 Å². The lowest BCUT2D eigenvalue weighted by Gasteiger charge is -2.06. The Labute approximate surface area is 149 Å². The molecule has 126 valence electrons. The van der Waals surface area contributed by atoms with Crippen molar-refractivity contribution < 1.29 is 19.1 Å². The average Bonchev–Trinajstić information content (AvgIpc) is 2.61. The molecule has 0 saturated heterocycles. The van der Waals surface area contributed by atoms with Crippen LogP contribution in [-0.2, 0) is 9.47 Å². The third-order valence-electron chi connectivity index (χ3n) is 2.92. The lowest BCUT2D eigenvalue weighted by Crippen LogP contribution is -2.04. The molecular formula is C18H18O4S2. The molecule has 0 heterocycles. The predicted octanol–water partition coefficient (Wildman–Crippen LogP) is 4.84. The van der Waals surface area contributed by atoms with E-state index in [1.165, 1.54) is 21.6 Å². The Morgan fingerprint density at radius 2 is 1.21 bits per heavy atom. The fourth-order valence-corrected chi connectivity index (χ4v) is 3.89. The zero-order valence-electron chi connectivity index (χ0n) is 13.5. The lowest BCUT2D eigenvalue weighted by atomic mass is 10.2. The predicted molar refractivity (Wildman–Crippen MR) is 96.5 cm³/mol. The SMILES string of the molecule is CCOC(=O)c1cccc(SSc2cccc(C(=O)OCC)c2)c1. The normalized spacial score (nSPS) is 10.2. The first kappa shape index (κ1) is 18.4. The van der Waals surface area contributed by atoms with Crippen LogP contribution >= 0.6 is 21.6 Å². The van der Waals surface area contributed by atoms with Gasteiger partial charge in [0, 0.05) is 9.79 Å². The molecule has 0 spiro atoms. The van der Waals surface area contributed by atoms with Gasteiger partial charge >= 0.3 is 11.9 Å². The van der Waals surface area contributed by atoms with Gasteiger partial charge in [-0.15, -0.1) is 0 Å². The molecule has 6 heteroatoms. The van der Waals surface area contributed by atoms with E-state index < -0.39 is 0 Å². The van der Waals surface area contributed by atoms with Gasteiger partial charge in [-0.25, -0.2) is 9.59 Å². The van der Waals surface area contributed by atoms with Crippen LogP contribution in [0.2, 0.25) is 0 Å². The van der Waals surface area contributed by atoms with E-state index in [9.17, 15) is 9.59 Å². The summed E-state index contributed by atoms with van der Waals surface area (Å²) in [6.07, 6.45) is 0. The van der Waals surface area contributed by atoms with Gasteiger partial charge in [0.05, 0.1) is 24.3 Å². The van der Waals surface area contributed by atoms with E-state index in [0.717, 1.165) is 9.79 Å². The molecule has 0 radical (unpaired) electrons. The third-order valence-corrected chi connectivity index (χ3v) is 5.31. The van der Waals surface area contributed by atoms with Gasteiger partial charge in [-0.1, -0.05) is 33.7 Å². The molecule has 24 heavy (non-hydrogen) atoms. The summed E-state index contributed by atoms with van der Waals surface area (Å²) in [6.45, 7) is 4.27. The van der Waals surface area contributed by atoms with Gasteiger partial charge in [0.1, 0.15) is 0 Å². The Balaban J connectivity index is 2.03. The van der Waals surface area contributed by atoms with Crippen molar-refractivity contribution in [2.24, 2.45) is 0 Å². The van der Waals surface area contributed by atoms with Crippen LogP contribution in [0, 0.1) is 0 Å². The molecule has 4 nitrogen and oxygen atoms in total. The standard InChI is InChI=1S/C18H18O4S2/c1-3-21-17(19)13-7-5-9-15(11-13)23-24-16-10-6-8-14(12-16)18(20)22-4-2/h5-12H,3-4H2,1-2H3. The second kappa shape index (κ2) is 9.39. The maximum absolute atomic E-state index is 11.8. The highest BCUT2D eigenvalue weighted by molar-refractivity contribution is 8.76. The Morgan fingerprint density at radius 3 is 1.58 bits per heavy atom. The first-order valence-electron chi connectivity index (χ1n) is 7.53. The minimum Gasteiger partial charge on any atom is -0.462 e. The minimum atomic E-state index is -0.325. The highest BCUT2D eigenvalue weighted by Crippen LogP contribution is 2.37. The van der Waals surface area contributed by atoms with Crippen molar-refractivity contribution in [2.45, 2.75) is 23.6 Å². The average molecular weight is 362 g/mol. The number of esters is 2. The second-order valence-corrected chi connectivity index (χ2v) is 6.94. The van der Waals surface area contributed by atoms with Crippen LogP contribution in [0.25, 0.3) is 0 Å². The molecular weight excluding hydrogens is 344 g/mol. The maximum Gasteiger partial charge on any atom is 0.338 e. The summed E-state index contributed by atoms with van der Waals surface area (Å²) in [6, 6.07) is 14.6. The van der Waals surface area contributed by atoms with Gasteiger partial charge in [-0.2, -0.15) is 0 Å². The van der Waals surface area contributed by atoms with Crippen LogP contribution in [0.3, 0.4) is 0 Å². The lowest BCUT2D eigenvalue weighted by molar-refractivity contribution is 0.0516. The van der Waals surface area contributed by atoms with Gasteiger partial charge in [-0.05, 0) is 50.2 Å². The summed E-state index contributed by atoms with van der Waals surface area (Å²) in [5, 5.41) is 0. The number of benzene rings is 2. The van der Waals surface area contributed by atoms with Gasteiger partial charge in [0.25, 0.3) is 0 Å². The zero-order valence-corrected chi connectivity index (χ0v) is 15.1. The molecule has 0 aliphatic rings. The number of carbonyl (C=O) groups is 2. The third kappa shape index (κ3) is 5.32. The van der Waals surface area contributed by atoms with E-state index in [0.29, 0.717) is 24.3 Å². The first-order valence-corrected chi connectivity index (χ1v) is 9.68. The molecule has 0 atom stereocenters. The molecule has 2 aromatic carbocycles. The van der Waals surface area contributed by atoms with Crippen LogP contribution in [0.1, 0.15) is 34.6 Å². The summed E-state index contributed by atoms with van der Waals surface area (Å²) < 4.78 is 10.0. The van der Waals surface area contributed by atoms with Crippen LogP contribution in [-0.4, -0.2) is 25.2 Å². The van der Waals surface area contributed by atoms with Crippen molar-refractivity contribution >= 4 is 33.5 Å². The number of carbonyl (C=O) groups excluding carboxylic acids is 2. The fraction of sp³-hybridized carbons (Fsp3) is 0.222. The number of hydrogen-bond acceptors (Lipinski definition) is 6. The molecule has 0 N–H and O–H groups in total. The Hall–Kier alpha value is -1.92. The molecule has 0 aliphatic carbocycles. The van der Waals surface area contributed by atoms with Crippen LogP contribution in [0.5, 0.6) is 0 Å². The van der Waals surface area contributed by atoms with Gasteiger partial charge in [0.2, 0.25) is 0 Å². The molecule has 0 amide bonds.